The first-order chi connectivity index (χ1) is 16.2. The molecule has 34 heavy (non-hydrogen) atoms. The van der Waals surface area contributed by atoms with Gasteiger partial charge < -0.3 is 5.32 Å². The lowest BCUT2D eigenvalue weighted by Gasteiger charge is -2.23. The molecule has 4 aromatic rings. The molecule has 0 spiro atoms. The molecule has 5 nitrogen and oxygen atoms in total. The van der Waals surface area contributed by atoms with Crippen LogP contribution in [0.3, 0.4) is 0 Å². The maximum atomic E-state index is 10.9. The van der Waals surface area contributed by atoms with Crippen LogP contribution in [0, 0.1) is 10.1 Å². The maximum absolute atomic E-state index is 10.9. The summed E-state index contributed by atoms with van der Waals surface area (Å²) in [5, 5.41) is 15.9. The number of thiazole rings is 1. The predicted octanol–water partition coefficient (Wildman–Crippen LogP) is 7.79. The first-order valence-corrected chi connectivity index (χ1v) is 12.2. The number of nitrogens with zero attached hydrogens (tertiary/aromatic N) is 2. The first kappa shape index (κ1) is 23.9. The minimum Gasteiger partial charge on any atom is -0.357 e. The number of aromatic nitrogens is 1. The highest BCUT2D eigenvalue weighted by Gasteiger charge is 2.30. The number of anilines is 1. The zero-order chi connectivity index (χ0) is 24.3. The maximum Gasteiger partial charge on any atom is 0.269 e. The van der Waals surface area contributed by atoms with Gasteiger partial charge in [0.2, 0.25) is 0 Å². The molecule has 0 aliphatic rings. The summed E-state index contributed by atoms with van der Waals surface area (Å²) < 4.78 is 0. The molecule has 0 fully saturated rings. The number of benzene rings is 3. The van der Waals surface area contributed by atoms with Gasteiger partial charge >= 0.3 is 0 Å². The number of rotatable bonds is 7. The van der Waals surface area contributed by atoms with Gasteiger partial charge in [-0.2, -0.15) is 0 Å². The van der Waals surface area contributed by atoms with E-state index in [2.05, 4.69) is 62.5 Å². The van der Waals surface area contributed by atoms with Crippen LogP contribution in [0.25, 0.3) is 0 Å². The van der Waals surface area contributed by atoms with Gasteiger partial charge in [-0.3, -0.25) is 10.1 Å². The van der Waals surface area contributed by atoms with Gasteiger partial charge in [0, 0.05) is 39.9 Å². The predicted molar refractivity (Wildman–Crippen MR) is 140 cm³/mol. The zero-order valence-electron chi connectivity index (χ0n) is 19.3. The van der Waals surface area contributed by atoms with Crippen LogP contribution in [-0.2, 0) is 12.0 Å². The summed E-state index contributed by atoms with van der Waals surface area (Å²) in [5.74, 6) is 0.0279. The van der Waals surface area contributed by atoms with E-state index in [0.29, 0.717) is 11.6 Å². The molecular weight excluding hydrogens is 466 g/mol. The molecule has 1 heterocycles. The van der Waals surface area contributed by atoms with Crippen molar-refractivity contribution in [2.75, 3.05) is 5.32 Å². The Hall–Kier alpha value is -3.22. The fraction of sp³-hybridized carbons (Fsp3) is 0.222. The topological polar surface area (TPSA) is 68.1 Å². The summed E-state index contributed by atoms with van der Waals surface area (Å²) in [5.41, 5.74) is 4.29. The van der Waals surface area contributed by atoms with Gasteiger partial charge in [0.25, 0.3) is 5.69 Å². The van der Waals surface area contributed by atoms with Gasteiger partial charge in [-0.15, -0.1) is 11.3 Å². The molecule has 4 rings (SSSR count). The minimum atomic E-state index is -0.388. The number of nitro benzene ring substituents is 1. The van der Waals surface area contributed by atoms with Crippen molar-refractivity contribution in [3.63, 3.8) is 0 Å². The van der Waals surface area contributed by atoms with Crippen molar-refractivity contribution in [3.8, 4) is 0 Å². The Kier molecular flexibility index (Phi) is 7.00. The Balaban J connectivity index is 1.71. The van der Waals surface area contributed by atoms with Gasteiger partial charge in [0.1, 0.15) is 0 Å². The van der Waals surface area contributed by atoms with Gasteiger partial charge in [0.05, 0.1) is 10.6 Å². The van der Waals surface area contributed by atoms with Crippen LogP contribution in [0.2, 0.25) is 5.02 Å². The second kappa shape index (κ2) is 9.95. The molecule has 1 atom stereocenters. The molecule has 0 aliphatic carbocycles. The van der Waals surface area contributed by atoms with E-state index in [0.717, 1.165) is 22.0 Å². The fourth-order valence-electron chi connectivity index (χ4n) is 3.85. The van der Waals surface area contributed by atoms with E-state index in [-0.39, 0.29) is 21.9 Å². The van der Waals surface area contributed by atoms with Crippen molar-refractivity contribution in [1.29, 1.82) is 0 Å². The van der Waals surface area contributed by atoms with Gasteiger partial charge in [0.15, 0.2) is 5.13 Å². The molecule has 1 aromatic heterocycles. The lowest BCUT2D eigenvalue weighted by atomic mass is 9.83. The minimum absolute atomic E-state index is 0.0279. The standard InChI is InChI=1S/C27H26ClN3O2S/c1-27(2,3)25-24(23(19-7-5-4-6-8-19)20-11-13-21(28)14-12-20)34-26(30-25)29-17-18-9-15-22(16-10-18)31(32)33/h4-16,23H,17H2,1-3H3,(H,29,30). The molecule has 0 saturated carbocycles. The van der Waals surface area contributed by atoms with Gasteiger partial charge in [-0.25, -0.2) is 4.98 Å². The van der Waals surface area contributed by atoms with Crippen molar-refractivity contribution in [1.82, 2.24) is 4.98 Å². The second-order valence-electron chi connectivity index (χ2n) is 9.15. The number of nitrogens with one attached hydrogen (secondary N) is 1. The smallest absolute Gasteiger partial charge is 0.269 e. The third-order valence-electron chi connectivity index (χ3n) is 5.55. The van der Waals surface area contributed by atoms with E-state index in [1.807, 2.05) is 18.2 Å². The van der Waals surface area contributed by atoms with Crippen LogP contribution >= 0.6 is 22.9 Å². The molecule has 0 aliphatic heterocycles. The first-order valence-electron chi connectivity index (χ1n) is 11.0. The summed E-state index contributed by atoms with van der Waals surface area (Å²) in [4.78, 5) is 16.7. The van der Waals surface area contributed by atoms with E-state index < -0.39 is 0 Å². The summed E-state index contributed by atoms with van der Waals surface area (Å²) >= 11 is 7.84. The number of nitro groups is 1. The Labute approximate surface area is 208 Å². The molecule has 3 aromatic carbocycles. The second-order valence-corrected chi connectivity index (χ2v) is 10.6. The van der Waals surface area contributed by atoms with Crippen LogP contribution in [-0.4, -0.2) is 9.91 Å². The summed E-state index contributed by atoms with van der Waals surface area (Å²) in [6.07, 6.45) is 0. The SMILES string of the molecule is CC(C)(C)c1nc(NCc2ccc([N+](=O)[O-])cc2)sc1C(c1ccccc1)c1ccc(Cl)cc1. The third kappa shape index (κ3) is 5.46. The highest BCUT2D eigenvalue weighted by atomic mass is 35.5. The quantitative estimate of drug-likeness (QED) is 0.211. The van der Waals surface area contributed by atoms with Crippen LogP contribution in [0.15, 0.2) is 78.9 Å². The third-order valence-corrected chi connectivity index (χ3v) is 6.88. The van der Waals surface area contributed by atoms with Crippen LogP contribution in [0.4, 0.5) is 10.8 Å². The van der Waals surface area contributed by atoms with Crippen LogP contribution < -0.4 is 5.32 Å². The number of non-ortho nitro benzene ring substituents is 1. The monoisotopic (exact) mass is 491 g/mol. The lowest BCUT2D eigenvalue weighted by molar-refractivity contribution is -0.384. The molecule has 174 valence electrons. The molecule has 0 amide bonds. The Morgan fingerprint density at radius 1 is 0.971 bits per heavy atom. The molecule has 1 N–H and O–H groups in total. The fourth-order valence-corrected chi connectivity index (χ4v) is 5.30. The molecule has 7 heteroatoms. The van der Waals surface area contributed by atoms with E-state index >= 15 is 0 Å². The van der Waals surface area contributed by atoms with E-state index in [9.17, 15) is 10.1 Å². The molecule has 0 radical (unpaired) electrons. The molecular formula is C27H26ClN3O2S. The van der Waals surface area contributed by atoms with Gasteiger partial charge in [-0.05, 0) is 28.8 Å². The van der Waals surface area contributed by atoms with Gasteiger partial charge in [-0.1, -0.05) is 87.0 Å². The molecule has 0 saturated heterocycles. The van der Waals surface area contributed by atoms with Crippen molar-refractivity contribution >= 4 is 33.8 Å². The highest BCUT2D eigenvalue weighted by Crippen LogP contribution is 2.43. The van der Waals surface area contributed by atoms with Crippen LogP contribution in [0.1, 0.15) is 54.0 Å². The van der Waals surface area contributed by atoms with Crippen molar-refractivity contribution in [2.24, 2.45) is 0 Å². The number of halogens is 1. The van der Waals surface area contributed by atoms with E-state index in [1.54, 1.807) is 23.5 Å². The van der Waals surface area contributed by atoms with E-state index in [4.69, 9.17) is 16.6 Å². The van der Waals surface area contributed by atoms with E-state index in [1.165, 1.54) is 22.6 Å². The van der Waals surface area contributed by atoms with Crippen LogP contribution in [0.5, 0.6) is 0 Å². The summed E-state index contributed by atoms with van der Waals surface area (Å²) in [6, 6.07) is 25.0. The number of hydrogen-bond donors (Lipinski definition) is 1. The Morgan fingerprint density at radius 3 is 2.18 bits per heavy atom. The van der Waals surface area contributed by atoms with Crippen molar-refractivity contribution in [3.05, 3.63) is 121 Å². The lowest BCUT2D eigenvalue weighted by Crippen LogP contribution is -2.16. The zero-order valence-corrected chi connectivity index (χ0v) is 20.9. The van der Waals surface area contributed by atoms with Crippen molar-refractivity contribution in [2.45, 2.75) is 38.6 Å². The molecule has 0 bridgehead atoms. The summed E-state index contributed by atoms with van der Waals surface area (Å²) in [6.45, 7) is 7.06. The molecule has 1 unspecified atom stereocenters. The van der Waals surface area contributed by atoms with Crippen molar-refractivity contribution < 1.29 is 4.92 Å². The summed E-state index contributed by atoms with van der Waals surface area (Å²) in [7, 11) is 0. The average Bonchev–Trinajstić information content (AvgIpc) is 3.24. The normalized spacial score (nSPS) is 12.4. The highest BCUT2D eigenvalue weighted by molar-refractivity contribution is 7.15. The Morgan fingerprint density at radius 2 is 1.59 bits per heavy atom. The largest absolute Gasteiger partial charge is 0.357 e. The number of hydrogen-bond acceptors (Lipinski definition) is 5. The Bertz CT molecular complexity index is 1260. The average molecular weight is 492 g/mol.